The number of fused-ring (bicyclic) bond motifs is 5. The smallest absolute Gasteiger partial charge is 0.0663 e. The summed E-state index contributed by atoms with van der Waals surface area (Å²) >= 11 is 0. The van der Waals surface area contributed by atoms with Gasteiger partial charge in [0.1, 0.15) is 0 Å². The molecule has 1 aliphatic carbocycles. The van der Waals surface area contributed by atoms with E-state index in [4.69, 9.17) is 0 Å². The monoisotopic (exact) mass is 303 g/mol. The molecule has 1 spiro atoms. The summed E-state index contributed by atoms with van der Waals surface area (Å²) in [5, 5.41) is 0. The maximum atomic E-state index is 2.83. The number of anilines is 1. The highest BCUT2D eigenvalue weighted by molar-refractivity contribution is 5.88. The van der Waals surface area contributed by atoms with Gasteiger partial charge in [-0.05, 0) is 61.6 Å². The van der Waals surface area contributed by atoms with Gasteiger partial charge in [-0.1, -0.05) is 49.4 Å². The zero-order chi connectivity index (χ0) is 15.8. The second kappa shape index (κ2) is 4.20. The Kier molecular flexibility index (Phi) is 2.49. The molecule has 3 aliphatic heterocycles. The lowest BCUT2D eigenvalue weighted by molar-refractivity contribution is 0.0391. The molecule has 0 N–H and O–H groups in total. The number of benzene rings is 2. The number of hydrogen-bond donors (Lipinski definition) is 0. The summed E-state index contributed by atoms with van der Waals surface area (Å²) in [5.74, 6) is 0. The van der Waals surface area contributed by atoms with Crippen LogP contribution in [0.2, 0.25) is 0 Å². The molecule has 6 rings (SSSR count). The highest BCUT2D eigenvalue weighted by atomic mass is 15.3. The molecule has 4 aliphatic rings. The quantitative estimate of drug-likeness (QED) is 0.607. The van der Waals surface area contributed by atoms with Crippen molar-refractivity contribution in [2.24, 2.45) is 5.41 Å². The van der Waals surface area contributed by atoms with Crippen LogP contribution in [0, 0.1) is 12.3 Å². The average Bonchev–Trinajstić information content (AvgIpc) is 2.57. The molecule has 1 heteroatoms. The van der Waals surface area contributed by atoms with Crippen LogP contribution in [-0.2, 0) is 5.54 Å². The molecule has 2 aromatic carbocycles. The van der Waals surface area contributed by atoms with E-state index in [1.165, 1.54) is 48.1 Å². The van der Waals surface area contributed by atoms with Crippen molar-refractivity contribution in [1.29, 1.82) is 0 Å². The molecule has 0 aromatic heterocycles. The van der Waals surface area contributed by atoms with Crippen molar-refractivity contribution in [3.8, 4) is 11.1 Å². The first-order valence-electron chi connectivity index (χ1n) is 9.06. The van der Waals surface area contributed by atoms with E-state index in [0.717, 1.165) is 0 Å². The van der Waals surface area contributed by atoms with Crippen LogP contribution in [0.15, 0.2) is 42.5 Å². The van der Waals surface area contributed by atoms with Crippen LogP contribution < -0.4 is 4.90 Å². The molecule has 0 unspecified atom stereocenters. The number of aryl methyl sites for hydroxylation is 1. The summed E-state index contributed by atoms with van der Waals surface area (Å²) in [4.78, 5) is 2.83. The van der Waals surface area contributed by atoms with Gasteiger partial charge in [0, 0.05) is 17.3 Å². The van der Waals surface area contributed by atoms with Gasteiger partial charge in [0.15, 0.2) is 0 Å². The second-order valence-electron chi connectivity index (χ2n) is 8.25. The Balaban J connectivity index is 1.88. The van der Waals surface area contributed by atoms with Crippen LogP contribution in [0.5, 0.6) is 0 Å². The van der Waals surface area contributed by atoms with E-state index >= 15 is 0 Å². The highest BCUT2D eigenvalue weighted by Crippen LogP contribution is 2.64. The topological polar surface area (TPSA) is 3.24 Å². The number of piperidine rings is 2. The van der Waals surface area contributed by atoms with E-state index in [0.29, 0.717) is 11.5 Å². The lowest BCUT2D eigenvalue weighted by Gasteiger charge is -2.66. The Morgan fingerprint density at radius 2 is 1.61 bits per heavy atom. The number of hydrogen-bond acceptors (Lipinski definition) is 1. The third-order valence-electron chi connectivity index (χ3n) is 7.27. The molecule has 2 aromatic rings. The molecule has 0 amide bonds. The summed E-state index contributed by atoms with van der Waals surface area (Å²) < 4.78 is 0. The molecule has 3 fully saturated rings. The van der Waals surface area contributed by atoms with Crippen molar-refractivity contribution < 1.29 is 0 Å². The van der Waals surface area contributed by atoms with Gasteiger partial charge in [0.2, 0.25) is 0 Å². The summed E-state index contributed by atoms with van der Waals surface area (Å²) in [5.41, 5.74) is 8.12. The first-order chi connectivity index (χ1) is 11.1. The van der Waals surface area contributed by atoms with Crippen molar-refractivity contribution in [2.45, 2.75) is 58.0 Å². The fourth-order valence-electron chi connectivity index (χ4n) is 5.70. The standard InChI is InChI=1S/C22H25N/c1-15-7-6-9-18-17-8-4-5-10-19(17)22-13-11-21(3,12-14-22)16(2)23(22)20(15)18/h4-10,16H,11-14H2,1-3H3/t16-,21?,22?/m0/s1. The molecule has 2 bridgehead atoms. The minimum atomic E-state index is 0.229. The van der Waals surface area contributed by atoms with Gasteiger partial charge in [-0.15, -0.1) is 0 Å². The van der Waals surface area contributed by atoms with E-state index in [-0.39, 0.29) is 5.54 Å². The average molecular weight is 303 g/mol. The zero-order valence-corrected chi connectivity index (χ0v) is 14.4. The maximum Gasteiger partial charge on any atom is 0.0663 e. The van der Waals surface area contributed by atoms with E-state index < -0.39 is 0 Å². The molecular weight excluding hydrogens is 278 g/mol. The largest absolute Gasteiger partial charge is 0.358 e. The van der Waals surface area contributed by atoms with E-state index in [2.05, 4.69) is 68.1 Å². The van der Waals surface area contributed by atoms with E-state index in [9.17, 15) is 0 Å². The molecule has 1 saturated carbocycles. The SMILES string of the molecule is Cc1cccc2c1N1[C@@H](C)C3(C)CCC1(CC3)c1ccccc1-2. The molecule has 23 heavy (non-hydrogen) atoms. The molecule has 1 atom stereocenters. The van der Waals surface area contributed by atoms with Crippen LogP contribution in [0.3, 0.4) is 0 Å². The second-order valence-corrected chi connectivity index (χ2v) is 8.25. The molecule has 1 nitrogen and oxygen atoms in total. The molecule has 118 valence electrons. The van der Waals surface area contributed by atoms with E-state index in [1.54, 1.807) is 5.56 Å². The molecule has 3 heterocycles. The number of para-hydroxylation sites is 1. The fraction of sp³-hybridized carbons (Fsp3) is 0.455. The summed E-state index contributed by atoms with van der Waals surface area (Å²) in [6.07, 6.45) is 5.33. The minimum absolute atomic E-state index is 0.229. The van der Waals surface area contributed by atoms with Crippen molar-refractivity contribution >= 4 is 5.69 Å². The summed E-state index contributed by atoms with van der Waals surface area (Å²) in [6, 6.07) is 16.6. The lowest BCUT2D eigenvalue weighted by Crippen LogP contribution is -2.66. The molecule has 2 saturated heterocycles. The van der Waals surface area contributed by atoms with Gasteiger partial charge >= 0.3 is 0 Å². The Bertz CT molecular complexity index is 795. The number of nitrogens with zero attached hydrogens (tertiary/aromatic N) is 1. The van der Waals surface area contributed by atoms with Gasteiger partial charge in [-0.2, -0.15) is 0 Å². The predicted octanol–water partition coefficient (Wildman–Crippen LogP) is 5.66. The first-order valence-corrected chi connectivity index (χ1v) is 9.06. The lowest BCUT2D eigenvalue weighted by atomic mass is 9.55. The van der Waals surface area contributed by atoms with Crippen molar-refractivity contribution in [3.05, 3.63) is 53.6 Å². The van der Waals surface area contributed by atoms with Gasteiger partial charge in [-0.25, -0.2) is 0 Å². The van der Waals surface area contributed by atoms with Crippen LogP contribution in [0.4, 0.5) is 5.69 Å². The van der Waals surface area contributed by atoms with Gasteiger partial charge < -0.3 is 4.90 Å². The van der Waals surface area contributed by atoms with Crippen LogP contribution >= 0.6 is 0 Å². The zero-order valence-electron chi connectivity index (χ0n) is 14.4. The van der Waals surface area contributed by atoms with Crippen molar-refractivity contribution in [2.75, 3.05) is 4.90 Å². The normalized spacial score (nSPS) is 33.9. The third-order valence-corrected chi connectivity index (χ3v) is 7.27. The van der Waals surface area contributed by atoms with Crippen LogP contribution in [0.25, 0.3) is 11.1 Å². The Labute approximate surface area is 139 Å². The van der Waals surface area contributed by atoms with E-state index in [1.807, 2.05) is 0 Å². The van der Waals surface area contributed by atoms with Gasteiger partial charge in [-0.3, -0.25) is 0 Å². The van der Waals surface area contributed by atoms with Crippen LogP contribution in [-0.4, -0.2) is 6.04 Å². The minimum Gasteiger partial charge on any atom is -0.358 e. The fourth-order valence-corrected chi connectivity index (χ4v) is 5.70. The first kappa shape index (κ1) is 13.7. The molecule has 0 radical (unpaired) electrons. The van der Waals surface area contributed by atoms with Gasteiger partial charge in [0.05, 0.1) is 5.54 Å². The van der Waals surface area contributed by atoms with Gasteiger partial charge in [0.25, 0.3) is 0 Å². The van der Waals surface area contributed by atoms with Crippen molar-refractivity contribution in [3.63, 3.8) is 0 Å². The van der Waals surface area contributed by atoms with Crippen LogP contribution in [0.1, 0.15) is 50.7 Å². The number of rotatable bonds is 0. The third kappa shape index (κ3) is 1.49. The molecular formula is C22H25N. The van der Waals surface area contributed by atoms with Crippen molar-refractivity contribution in [1.82, 2.24) is 0 Å². The summed E-state index contributed by atoms with van der Waals surface area (Å²) in [7, 11) is 0. The Morgan fingerprint density at radius 3 is 2.39 bits per heavy atom. The Hall–Kier alpha value is -1.76. The predicted molar refractivity (Wildman–Crippen MR) is 96.8 cm³/mol. The maximum absolute atomic E-state index is 2.83. The Morgan fingerprint density at radius 1 is 0.913 bits per heavy atom. The summed E-state index contributed by atoms with van der Waals surface area (Å²) in [6.45, 7) is 7.27. The highest BCUT2D eigenvalue weighted by Gasteiger charge is 2.58.